The van der Waals surface area contributed by atoms with Gasteiger partial charge in [-0.3, -0.25) is 9.89 Å². The number of carbonyl (C=O) groups excluding carboxylic acids is 1. The van der Waals surface area contributed by atoms with Crippen LogP contribution in [0, 0.1) is 6.92 Å². The number of nitrogens with zero attached hydrogens (tertiary/aromatic N) is 1. The zero-order valence-electron chi connectivity index (χ0n) is 6.43. The predicted octanol–water partition coefficient (Wildman–Crippen LogP) is 0.523. The lowest BCUT2D eigenvalue weighted by Gasteiger charge is -1.98. The lowest BCUT2D eigenvalue weighted by molar-refractivity contribution is 0.0957. The van der Waals surface area contributed by atoms with E-state index >= 15 is 0 Å². The number of nitrogens with one attached hydrogen (secondary N) is 2. The normalized spacial score (nSPS) is 21.6. The van der Waals surface area contributed by atoms with Crippen molar-refractivity contribution in [3.05, 3.63) is 17.0 Å². The van der Waals surface area contributed by atoms with Crippen LogP contribution < -0.4 is 5.32 Å². The number of fused-ring (bicyclic) bond motifs is 1. The number of carbonyl (C=O) groups is 1. The molecule has 2 heterocycles. The molecule has 0 saturated carbocycles. The SMILES string of the molecule is Cc1[nH]nc2c1C(=O)N[C@H]2C. The Morgan fingerprint density at radius 1 is 1.55 bits per heavy atom. The van der Waals surface area contributed by atoms with Crippen LogP contribution in [0.1, 0.15) is 34.7 Å². The number of hydrogen-bond acceptors (Lipinski definition) is 2. The van der Waals surface area contributed by atoms with Gasteiger partial charge in [0.1, 0.15) is 0 Å². The van der Waals surface area contributed by atoms with Crippen LogP contribution in [0.5, 0.6) is 0 Å². The molecule has 4 heteroatoms. The molecule has 2 N–H and O–H groups in total. The summed E-state index contributed by atoms with van der Waals surface area (Å²) in [4.78, 5) is 11.2. The van der Waals surface area contributed by atoms with Crippen LogP contribution in [0.3, 0.4) is 0 Å². The molecule has 11 heavy (non-hydrogen) atoms. The molecule has 0 aromatic carbocycles. The van der Waals surface area contributed by atoms with Gasteiger partial charge in [-0.15, -0.1) is 0 Å². The zero-order chi connectivity index (χ0) is 8.01. The third kappa shape index (κ3) is 0.691. The molecule has 1 aliphatic rings. The maximum Gasteiger partial charge on any atom is 0.255 e. The number of amides is 1. The van der Waals surface area contributed by atoms with E-state index in [1.807, 2.05) is 13.8 Å². The number of aromatic amines is 1. The number of aromatic nitrogens is 2. The molecule has 58 valence electrons. The average Bonchev–Trinajstić information content (AvgIpc) is 2.41. The molecular formula is C7H9N3O. The second kappa shape index (κ2) is 1.84. The van der Waals surface area contributed by atoms with E-state index in [4.69, 9.17) is 0 Å². The first-order valence-corrected chi connectivity index (χ1v) is 3.56. The van der Waals surface area contributed by atoms with Gasteiger partial charge >= 0.3 is 0 Å². The van der Waals surface area contributed by atoms with E-state index in [-0.39, 0.29) is 11.9 Å². The van der Waals surface area contributed by atoms with Gasteiger partial charge in [-0.1, -0.05) is 0 Å². The maximum atomic E-state index is 11.2. The van der Waals surface area contributed by atoms with Gasteiger partial charge < -0.3 is 5.32 Å². The van der Waals surface area contributed by atoms with Gasteiger partial charge in [-0.2, -0.15) is 5.10 Å². The summed E-state index contributed by atoms with van der Waals surface area (Å²) in [6.07, 6.45) is 0. The van der Waals surface area contributed by atoms with Crippen LogP contribution in [0.4, 0.5) is 0 Å². The van der Waals surface area contributed by atoms with E-state index in [1.165, 1.54) is 0 Å². The topological polar surface area (TPSA) is 57.8 Å². The van der Waals surface area contributed by atoms with E-state index in [0.29, 0.717) is 0 Å². The predicted molar refractivity (Wildman–Crippen MR) is 39.2 cm³/mol. The summed E-state index contributed by atoms with van der Waals surface area (Å²) in [5, 5.41) is 9.59. The molecule has 0 spiro atoms. The summed E-state index contributed by atoms with van der Waals surface area (Å²) >= 11 is 0. The van der Waals surface area contributed by atoms with E-state index in [2.05, 4.69) is 15.5 Å². The molecule has 0 fully saturated rings. The van der Waals surface area contributed by atoms with Crippen molar-refractivity contribution >= 4 is 5.91 Å². The third-order valence-corrected chi connectivity index (χ3v) is 1.96. The molecule has 2 rings (SSSR count). The lowest BCUT2D eigenvalue weighted by Crippen LogP contribution is -2.17. The Balaban J connectivity index is 2.63. The van der Waals surface area contributed by atoms with Crippen molar-refractivity contribution < 1.29 is 4.79 Å². The highest BCUT2D eigenvalue weighted by Crippen LogP contribution is 2.24. The van der Waals surface area contributed by atoms with E-state index in [9.17, 15) is 4.79 Å². The first-order chi connectivity index (χ1) is 5.20. The maximum absolute atomic E-state index is 11.2. The van der Waals surface area contributed by atoms with Gasteiger partial charge in [-0.25, -0.2) is 0 Å². The van der Waals surface area contributed by atoms with Gasteiger partial charge in [0.25, 0.3) is 5.91 Å². The molecule has 1 aliphatic heterocycles. The summed E-state index contributed by atoms with van der Waals surface area (Å²) in [7, 11) is 0. The third-order valence-electron chi connectivity index (χ3n) is 1.96. The lowest BCUT2D eigenvalue weighted by atomic mass is 10.2. The fraction of sp³-hybridized carbons (Fsp3) is 0.429. The van der Waals surface area contributed by atoms with Gasteiger partial charge in [0.2, 0.25) is 0 Å². The molecular weight excluding hydrogens is 142 g/mol. The fourth-order valence-electron chi connectivity index (χ4n) is 1.39. The molecule has 0 aliphatic carbocycles. The Morgan fingerprint density at radius 2 is 2.27 bits per heavy atom. The van der Waals surface area contributed by atoms with Gasteiger partial charge in [-0.05, 0) is 13.8 Å². The Bertz CT molecular complexity index is 315. The molecule has 4 nitrogen and oxygen atoms in total. The Morgan fingerprint density at radius 3 is 2.91 bits per heavy atom. The highest BCUT2D eigenvalue weighted by atomic mass is 16.2. The summed E-state index contributed by atoms with van der Waals surface area (Å²) in [6.45, 7) is 3.77. The first-order valence-electron chi connectivity index (χ1n) is 3.56. The Labute approximate surface area is 64.0 Å². The highest BCUT2D eigenvalue weighted by Gasteiger charge is 2.29. The van der Waals surface area contributed by atoms with Crippen molar-refractivity contribution in [1.82, 2.24) is 15.5 Å². The molecule has 1 atom stereocenters. The zero-order valence-corrected chi connectivity index (χ0v) is 6.43. The van der Waals surface area contributed by atoms with Crippen molar-refractivity contribution in [2.45, 2.75) is 19.9 Å². The molecule has 0 radical (unpaired) electrons. The second-order valence-corrected chi connectivity index (χ2v) is 2.80. The Hall–Kier alpha value is -1.32. The minimum atomic E-state index is -0.0150. The van der Waals surface area contributed by atoms with Crippen LogP contribution in [-0.2, 0) is 0 Å². The van der Waals surface area contributed by atoms with Crippen LogP contribution in [0.15, 0.2) is 0 Å². The van der Waals surface area contributed by atoms with Crippen LogP contribution >= 0.6 is 0 Å². The van der Waals surface area contributed by atoms with Crippen LogP contribution in [-0.4, -0.2) is 16.1 Å². The summed E-state index contributed by atoms with van der Waals surface area (Å²) < 4.78 is 0. The number of rotatable bonds is 0. The highest BCUT2D eigenvalue weighted by molar-refractivity contribution is 5.99. The Kier molecular flexibility index (Phi) is 1.07. The fourth-order valence-corrected chi connectivity index (χ4v) is 1.39. The summed E-state index contributed by atoms with van der Waals surface area (Å²) in [5.74, 6) is -0.0150. The number of aryl methyl sites for hydroxylation is 1. The van der Waals surface area contributed by atoms with Crippen LogP contribution in [0.2, 0.25) is 0 Å². The van der Waals surface area contributed by atoms with Crippen LogP contribution in [0.25, 0.3) is 0 Å². The second-order valence-electron chi connectivity index (χ2n) is 2.80. The van der Waals surface area contributed by atoms with E-state index in [1.54, 1.807) is 0 Å². The van der Waals surface area contributed by atoms with Crippen molar-refractivity contribution in [2.24, 2.45) is 0 Å². The summed E-state index contributed by atoms with van der Waals surface area (Å²) in [5.41, 5.74) is 2.41. The van der Waals surface area contributed by atoms with Crippen molar-refractivity contribution in [1.29, 1.82) is 0 Å². The quantitative estimate of drug-likeness (QED) is 0.568. The van der Waals surface area contributed by atoms with E-state index < -0.39 is 0 Å². The molecule has 0 saturated heterocycles. The first kappa shape index (κ1) is 6.39. The minimum Gasteiger partial charge on any atom is -0.344 e. The standard InChI is InChI=1S/C7H9N3O/c1-3-5-6(10-9-3)4(2)8-7(5)11/h4H,1-2H3,(H,8,11)(H,9,10)/t4-/m0/s1. The van der Waals surface area contributed by atoms with Crippen molar-refractivity contribution in [3.63, 3.8) is 0 Å². The molecule has 0 unspecified atom stereocenters. The largest absolute Gasteiger partial charge is 0.344 e. The minimum absolute atomic E-state index is 0.0150. The number of hydrogen-bond donors (Lipinski definition) is 2. The van der Waals surface area contributed by atoms with Gasteiger partial charge in [0, 0.05) is 5.69 Å². The van der Waals surface area contributed by atoms with E-state index in [0.717, 1.165) is 17.0 Å². The monoisotopic (exact) mass is 151 g/mol. The molecule has 0 bridgehead atoms. The molecule has 1 aromatic heterocycles. The smallest absolute Gasteiger partial charge is 0.255 e. The number of H-pyrrole nitrogens is 1. The van der Waals surface area contributed by atoms with Gasteiger partial charge in [0.15, 0.2) is 0 Å². The average molecular weight is 151 g/mol. The van der Waals surface area contributed by atoms with Crippen molar-refractivity contribution in [2.75, 3.05) is 0 Å². The molecule has 1 amide bonds. The summed E-state index contributed by atoms with van der Waals surface area (Å²) in [6, 6.07) is 0.0578. The van der Waals surface area contributed by atoms with Crippen molar-refractivity contribution in [3.8, 4) is 0 Å². The van der Waals surface area contributed by atoms with Gasteiger partial charge in [0.05, 0.1) is 17.3 Å². The molecule has 1 aromatic rings.